The molecule has 0 aliphatic carbocycles. The molecule has 0 aliphatic heterocycles. The SMILES string of the molecule is Cc1cccc(OC(C)Br)c1. The van der Waals surface area contributed by atoms with Gasteiger partial charge in [-0.2, -0.15) is 0 Å². The molecule has 0 saturated carbocycles. The molecule has 0 aliphatic rings. The van der Waals surface area contributed by atoms with Gasteiger partial charge in [0.2, 0.25) is 0 Å². The lowest BCUT2D eigenvalue weighted by Crippen LogP contribution is -2.01. The summed E-state index contributed by atoms with van der Waals surface area (Å²) in [4.78, 5) is 0. The van der Waals surface area contributed by atoms with Crippen molar-refractivity contribution in [2.24, 2.45) is 0 Å². The van der Waals surface area contributed by atoms with E-state index in [1.54, 1.807) is 0 Å². The predicted octanol–water partition coefficient (Wildman–Crippen LogP) is 3.11. The minimum Gasteiger partial charge on any atom is -0.480 e. The summed E-state index contributed by atoms with van der Waals surface area (Å²) >= 11 is 3.31. The normalized spacial score (nSPS) is 12.6. The third-order valence-electron chi connectivity index (χ3n) is 1.29. The lowest BCUT2D eigenvalue weighted by Gasteiger charge is -2.07. The van der Waals surface area contributed by atoms with E-state index in [1.807, 2.05) is 38.1 Å². The van der Waals surface area contributed by atoms with Crippen LogP contribution in [0.25, 0.3) is 0 Å². The summed E-state index contributed by atoms with van der Waals surface area (Å²) in [6, 6.07) is 7.99. The number of hydrogen-bond acceptors (Lipinski definition) is 1. The van der Waals surface area contributed by atoms with E-state index in [4.69, 9.17) is 4.74 Å². The monoisotopic (exact) mass is 214 g/mol. The van der Waals surface area contributed by atoms with Crippen LogP contribution in [-0.2, 0) is 0 Å². The molecule has 0 N–H and O–H groups in total. The van der Waals surface area contributed by atoms with Crippen molar-refractivity contribution in [2.45, 2.75) is 18.9 Å². The molecule has 1 aromatic rings. The fourth-order valence-electron chi connectivity index (χ4n) is 0.876. The summed E-state index contributed by atoms with van der Waals surface area (Å²) in [7, 11) is 0. The highest BCUT2D eigenvalue weighted by Crippen LogP contribution is 2.15. The third-order valence-corrected chi connectivity index (χ3v) is 1.47. The molecule has 1 nitrogen and oxygen atoms in total. The second kappa shape index (κ2) is 3.77. The molecule has 0 saturated heterocycles. The van der Waals surface area contributed by atoms with Gasteiger partial charge in [0.1, 0.15) is 5.75 Å². The Hall–Kier alpha value is -0.500. The Labute approximate surface area is 75.5 Å². The van der Waals surface area contributed by atoms with E-state index in [1.165, 1.54) is 5.56 Å². The maximum atomic E-state index is 5.41. The van der Waals surface area contributed by atoms with Crippen molar-refractivity contribution in [3.8, 4) is 5.75 Å². The Morgan fingerprint density at radius 1 is 1.45 bits per heavy atom. The Morgan fingerprint density at radius 3 is 2.73 bits per heavy atom. The predicted molar refractivity (Wildman–Crippen MR) is 50.2 cm³/mol. The van der Waals surface area contributed by atoms with Crippen molar-refractivity contribution < 1.29 is 4.74 Å². The minimum absolute atomic E-state index is 0.0734. The average molecular weight is 215 g/mol. The second-order valence-corrected chi connectivity index (χ2v) is 3.77. The molecular weight excluding hydrogens is 204 g/mol. The highest BCUT2D eigenvalue weighted by Gasteiger charge is 1.96. The minimum atomic E-state index is 0.0734. The van der Waals surface area contributed by atoms with Crippen LogP contribution < -0.4 is 4.74 Å². The van der Waals surface area contributed by atoms with Gasteiger partial charge < -0.3 is 4.74 Å². The molecular formula is C9H11BrO. The molecule has 0 heterocycles. The fourth-order valence-corrected chi connectivity index (χ4v) is 1.09. The number of alkyl halides is 1. The summed E-state index contributed by atoms with van der Waals surface area (Å²) < 4.78 is 5.41. The van der Waals surface area contributed by atoms with Crippen molar-refractivity contribution in [3.05, 3.63) is 29.8 Å². The number of halogens is 1. The molecule has 1 unspecified atom stereocenters. The highest BCUT2D eigenvalue weighted by molar-refractivity contribution is 9.09. The van der Waals surface area contributed by atoms with Gasteiger partial charge in [0.15, 0.2) is 5.01 Å². The molecule has 0 radical (unpaired) electrons. The van der Waals surface area contributed by atoms with Crippen LogP contribution in [0.1, 0.15) is 12.5 Å². The number of rotatable bonds is 2. The smallest absolute Gasteiger partial charge is 0.150 e. The van der Waals surface area contributed by atoms with E-state index in [0.717, 1.165) is 5.75 Å². The fraction of sp³-hybridized carbons (Fsp3) is 0.333. The molecule has 0 fully saturated rings. The first kappa shape index (κ1) is 8.60. The summed E-state index contributed by atoms with van der Waals surface area (Å²) in [5, 5.41) is 0.0734. The Balaban J connectivity index is 2.71. The zero-order valence-corrected chi connectivity index (χ0v) is 8.26. The zero-order chi connectivity index (χ0) is 8.27. The molecule has 2 heteroatoms. The molecule has 60 valence electrons. The van der Waals surface area contributed by atoms with E-state index in [0.29, 0.717) is 0 Å². The highest BCUT2D eigenvalue weighted by atomic mass is 79.9. The zero-order valence-electron chi connectivity index (χ0n) is 6.67. The average Bonchev–Trinajstić information content (AvgIpc) is 1.85. The van der Waals surface area contributed by atoms with Gasteiger partial charge in [0, 0.05) is 0 Å². The van der Waals surface area contributed by atoms with Crippen LogP contribution in [0, 0.1) is 6.92 Å². The van der Waals surface area contributed by atoms with Gasteiger partial charge in [-0.3, -0.25) is 0 Å². The van der Waals surface area contributed by atoms with Crippen LogP contribution in [0.5, 0.6) is 5.75 Å². The first-order valence-corrected chi connectivity index (χ1v) is 4.47. The lowest BCUT2D eigenvalue weighted by molar-refractivity contribution is 0.314. The topological polar surface area (TPSA) is 9.23 Å². The van der Waals surface area contributed by atoms with Crippen LogP contribution in [0.3, 0.4) is 0 Å². The van der Waals surface area contributed by atoms with Crippen LogP contribution in [0.4, 0.5) is 0 Å². The molecule has 1 atom stereocenters. The second-order valence-electron chi connectivity index (χ2n) is 2.48. The number of aryl methyl sites for hydroxylation is 1. The summed E-state index contributed by atoms with van der Waals surface area (Å²) in [6.45, 7) is 3.99. The summed E-state index contributed by atoms with van der Waals surface area (Å²) in [6.07, 6.45) is 0. The van der Waals surface area contributed by atoms with Crippen LogP contribution in [0.15, 0.2) is 24.3 Å². The van der Waals surface area contributed by atoms with Gasteiger partial charge in [-0.1, -0.05) is 12.1 Å². The first-order valence-electron chi connectivity index (χ1n) is 3.56. The van der Waals surface area contributed by atoms with Gasteiger partial charge in [-0.25, -0.2) is 0 Å². The van der Waals surface area contributed by atoms with Gasteiger partial charge in [0.05, 0.1) is 0 Å². The number of hydrogen-bond donors (Lipinski definition) is 0. The van der Waals surface area contributed by atoms with Crippen molar-refractivity contribution in [1.82, 2.24) is 0 Å². The molecule has 1 rings (SSSR count). The Kier molecular flexibility index (Phi) is 2.94. The van der Waals surface area contributed by atoms with E-state index >= 15 is 0 Å². The number of benzene rings is 1. The van der Waals surface area contributed by atoms with E-state index < -0.39 is 0 Å². The molecule has 11 heavy (non-hydrogen) atoms. The van der Waals surface area contributed by atoms with Crippen LogP contribution >= 0.6 is 15.9 Å². The van der Waals surface area contributed by atoms with Crippen molar-refractivity contribution in [2.75, 3.05) is 0 Å². The van der Waals surface area contributed by atoms with Crippen molar-refractivity contribution >= 4 is 15.9 Å². The molecule has 0 amide bonds. The Bertz CT molecular complexity index is 233. The van der Waals surface area contributed by atoms with Crippen molar-refractivity contribution in [1.29, 1.82) is 0 Å². The largest absolute Gasteiger partial charge is 0.480 e. The summed E-state index contributed by atoms with van der Waals surface area (Å²) in [5.74, 6) is 0.911. The van der Waals surface area contributed by atoms with Crippen LogP contribution in [0.2, 0.25) is 0 Å². The van der Waals surface area contributed by atoms with Crippen LogP contribution in [-0.4, -0.2) is 5.01 Å². The van der Waals surface area contributed by atoms with Gasteiger partial charge >= 0.3 is 0 Å². The van der Waals surface area contributed by atoms with Gasteiger partial charge in [0.25, 0.3) is 0 Å². The standard InChI is InChI=1S/C9H11BrO/c1-7-4-3-5-9(6-7)11-8(2)10/h3-6,8H,1-2H3. The van der Waals surface area contributed by atoms with E-state index in [9.17, 15) is 0 Å². The third kappa shape index (κ3) is 2.93. The lowest BCUT2D eigenvalue weighted by atomic mass is 10.2. The molecule has 0 spiro atoms. The molecule has 0 aromatic heterocycles. The van der Waals surface area contributed by atoms with Gasteiger partial charge in [-0.05, 0) is 47.5 Å². The maximum Gasteiger partial charge on any atom is 0.150 e. The van der Waals surface area contributed by atoms with E-state index in [-0.39, 0.29) is 5.01 Å². The summed E-state index contributed by atoms with van der Waals surface area (Å²) in [5.41, 5.74) is 1.22. The van der Waals surface area contributed by atoms with Gasteiger partial charge in [-0.15, -0.1) is 0 Å². The quantitative estimate of drug-likeness (QED) is 0.688. The maximum absolute atomic E-state index is 5.41. The molecule has 1 aromatic carbocycles. The van der Waals surface area contributed by atoms with E-state index in [2.05, 4.69) is 15.9 Å². The Morgan fingerprint density at radius 2 is 2.18 bits per heavy atom. The number of ether oxygens (including phenoxy) is 1. The first-order chi connectivity index (χ1) is 5.18. The molecule has 0 bridgehead atoms. The van der Waals surface area contributed by atoms with Crippen molar-refractivity contribution in [3.63, 3.8) is 0 Å².